The number of hydrogen-bond donors (Lipinski definition) is 2. The fourth-order valence-corrected chi connectivity index (χ4v) is 1.97. The van der Waals surface area contributed by atoms with Crippen LogP contribution < -0.4 is 5.73 Å². The molecule has 0 spiro atoms. The Morgan fingerprint density at radius 2 is 1.94 bits per heavy atom. The lowest BCUT2D eigenvalue weighted by Crippen LogP contribution is -2.14. The molecule has 4 heteroatoms. The van der Waals surface area contributed by atoms with Crippen LogP contribution in [0.5, 0.6) is 0 Å². The second kappa shape index (κ2) is 3.99. The number of pyridine rings is 1. The van der Waals surface area contributed by atoms with Gasteiger partial charge in [-0.2, -0.15) is 0 Å². The van der Waals surface area contributed by atoms with Crippen molar-refractivity contribution in [2.75, 3.05) is 0 Å². The van der Waals surface area contributed by atoms with Crippen LogP contribution in [0, 0.1) is 0 Å². The van der Waals surface area contributed by atoms with Gasteiger partial charge in [-0.25, -0.2) is 4.98 Å². The van der Waals surface area contributed by atoms with Crippen LogP contribution in [0.3, 0.4) is 0 Å². The predicted octanol–water partition coefficient (Wildman–Crippen LogP) is 2.01. The minimum absolute atomic E-state index is 0.274. The van der Waals surface area contributed by atoms with E-state index in [1.54, 1.807) is 18.6 Å². The number of nitrogens with one attached hydrogen (secondary N) is 1. The fourth-order valence-electron chi connectivity index (χ4n) is 1.97. The lowest BCUT2D eigenvalue weighted by atomic mass is 10.0. The Labute approximate surface area is 98.5 Å². The number of aromatic nitrogens is 3. The summed E-state index contributed by atoms with van der Waals surface area (Å²) in [5.41, 5.74) is 8.11. The third-order valence-electron chi connectivity index (χ3n) is 2.81. The van der Waals surface area contributed by atoms with Crippen LogP contribution in [0.25, 0.3) is 10.9 Å². The number of aromatic amines is 1. The molecule has 0 aliphatic rings. The molecule has 1 unspecified atom stereocenters. The number of para-hydroxylation sites is 1. The molecule has 0 radical (unpaired) electrons. The van der Waals surface area contributed by atoms with Crippen LogP contribution in [0.15, 0.2) is 48.9 Å². The summed E-state index contributed by atoms with van der Waals surface area (Å²) in [7, 11) is 0. The number of hydrogen-bond acceptors (Lipinski definition) is 3. The molecule has 1 aromatic carbocycles. The Morgan fingerprint density at radius 1 is 1.06 bits per heavy atom. The van der Waals surface area contributed by atoms with Crippen LogP contribution in [-0.4, -0.2) is 15.0 Å². The van der Waals surface area contributed by atoms with Crippen LogP contribution >= 0.6 is 0 Å². The zero-order valence-electron chi connectivity index (χ0n) is 9.17. The van der Waals surface area contributed by atoms with E-state index in [9.17, 15) is 0 Å². The summed E-state index contributed by atoms with van der Waals surface area (Å²) >= 11 is 0. The number of H-pyrrole nitrogens is 1. The van der Waals surface area contributed by atoms with Gasteiger partial charge in [0.2, 0.25) is 0 Å². The number of fused-ring (bicyclic) bond motifs is 1. The van der Waals surface area contributed by atoms with Crippen molar-refractivity contribution in [2.45, 2.75) is 6.04 Å². The summed E-state index contributed by atoms with van der Waals surface area (Å²) < 4.78 is 0. The molecule has 3 rings (SSSR count). The maximum Gasteiger partial charge on any atom is 0.127 e. The van der Waals surface area contributed by atoms with Gasteiger partial charge in [-0.05, 0) is 6.07 Å². The largest absolute Gasteiger partial charge is 0.347 e. The SMILES string of the molecule is NC(c1ncc[nH]1)c1cccc2cccnc12. The maximum absolute atomic E-state index is 6.19. The zero-order chi connectivity index (χ0) is 11.7. The molecule has 0 bridgehead atoms. The van der Waals surface area contributed by atoms with Gasteiger partial charge >= 0.3 is 0 Å². The van der Waals surface area contributed by atoms with E-state index in [-0.39, 0.29) is 6.04 Å². The lowest BCUT2D eigenvalue weighted by Gasteiger charge is -2.11. The lowest BCUT2D eigenvalue weighted by molar-refractivity contribution is 0.805. The van der Waals surface area contributed by atoms with Crippen LogP contribution in [-0.2, 0) is 0 Å². The van der Waals surface area contributed by atoms with Crippen LogP contribution in [0.1, 0.15) is 17.4 Å². The normalized spacial score (nSPS) is 12.8. The van der Waals surface area contributed by atoms with Gasteiger partial charge in [0.25, 0.3) is 0 Å². The van der Waals surface area contributed by atoms with E-state index in [4.69, 9.17) is 5.73 Å². The Kier molecular flexibility index (Phi) is 2.34. The molecular weight excluding hydrogens is 212 g/mol. The molecule has 2 heterocycles. The summed E-state index contributed by atoms with van der Waals surface area (Å²) in [5, 5.41) is 1.09. The van der Waals surface area contributed by atoms with E-state index >= 15 is 0 Å². The molecule has 0 aliphatic carbocycles. The van der Waals surface area contributed by atoms with Crippen molar-refractivity contribution in [2.24, 2.45) is 5.73 Å². The summed E-state index contributed by atoms with van der Waals surface area (Å²) in [4.78, 5) is 11.6. The van der Waals surface area contributed by atoms with Crippen molar-refractivity contribution in [3.63, 3.8) is 0 Å². The number of benzene rings is 1. The molecule has 0 saturated carbocycles. The standard InChI is InChI=1S/C13H12N4/c14-11(13-16-7-8-17-13)10-5-1-3-9-4-2-6-15-12(9)10/h1-8,11H,14H2,(H,16,17). The monoisotopic (exact) mass is 224 g/mol. The Hall–Kier alpha value is -2.20. The van der Waals surface area contributed by atoms with E-state index in [1.807, 2.05) is 30.3 Å². The average Bonchev–Trinajstić information content (AvgIpc) is 2.91. The Balaban J connectivity index is 2.17. The van der Waals surface area contributed by atoms with Crippen molar-refractivity contribution in [1.29, 1.82) is 0 Å². The van der Waals surface area contributed by atoms with E-state index in [1.165, 1.54) is 0 Å². The molecule has 0 aliphatic heterocycles. The molecule has 0 saturated heterocycles. The molecule has 3 N–H and O–H groups in total. The van der Waals surface area contributed by atoms with Crippen molar-refractivity contribution in [1.82, 2.24) is 15.0 Å². The van der Waals surface area contributed by atoms with Gasteiger partial charge in [0.1, 0.15) is 5.82 Å². The molecule has 1 atom stereocenters. The highest BCUT2D eigenvalue weighted by Gasteiger charge is 2.14. The van der Waals surface area contributed by atoms with E-state index in [0.717, 1.165) is 22.3 Å². The zero-order valence-corrected chi connectivity index (χ0v) is 9.17. The smallest absolute Gasteiger partial charge is 0.127 e. The fraction of sp³-hybridized carbons (Fsp3) is 0.0769. The van der Waals surface area contributed by atoms with Crippen molar-refractivity contribution >= 4 is 10.9 Å². The van der Waals surface area contributed by atoms with Gasteiger partial charge in [-0.15, -0.1) is 0 Å². The Bertz CT molecular complexity index is 625. The van der Waals surface area contributed by atoms with Gasteiger partial charge in [-0.1, -0.05) is 24.3 Å². The average molecular weight is 224 g/mol. The molecule has 17 heavy (non-hydrogen) atoms. The molecular formula is C13H12N4. The first kappa shape index (κ1) is 9.99. The summed E-state index contributed by atoms with van der Waals surface area (Å²) in [5.74, 6) is 0.753. The van der Waals surface area contributed by atoms with E-state index < -0.39 is 0 Å². The predicted molar refractivity (Wildman–Crippen MR) is 66.4 cm³/mol. The van der Waals surface area contributed by atoms with Gasteiger partial charge in [-0.3, -0.25) is 4.98 Å². The summed E-state index contributed by atoms with van der Waals surface area (Å²) in [6, 6.07) is 9.68. The highest BCUT2D eigenvalue weighted by atomic mass is 14.9. The first-order valence-electron chi connectivity index (χ1n) is 5.45. The van der Waals surface area contributed by atoms with Gasteiger partial charge in [0.05, 0.1) is 11.6 Å². The first-order chi connectivity index (χ1) is 8.36. The highest BCUT2D eigenvalue weighted by Crippen LogP contribution is 2.23. The van der Waals surface area contributed by atoms with Crippen LogP contribution in [0.4, 0.5) is 0 Å². The van der Waals surface area contributed by atoms with E-state index in [2.05, 4.69) is 15.0 Å². The molecule has 84 valence electrons. The third-order valence-corrected chi connectivity index (χ3v) is 2.81. The number of nitrogens with zero attached hydrogens (tertiary/aromatic N) is 2. The van der Waals surface area contributed by atoms with Crippen LogP contribution in [0.2, 0.25) is 0 Å². The van der Waals surface area contributed by atoms with Crippen molar-refractivity contribution in [3.05, 3.63) is 60.3 Å². The third kappa shape index (κ3) is 1.68. The van der Waals surface area contributed by atoms with E-state index in [0.29, 0.717) is 0 Å². The topological polar surface area (TPSA) is 67.6 Å². The maximum atomic E-state index is 6.19. The van der Waals surface area contributed by atoms with Gasteiger partial charge in [0, 0.05) is 29.5 Å². The molecule has 0 amide bonds. The molecule has 0 fully saturated rings. The van der Waals surface area contributed by atoms with Crippen molar-refractivity contribution in [3.8, 4) is 0 Å². The quantitative estimate of drug-likeness (QED) is 0.699. The molecule has 2 aromatic heterocycles. The molecule has 4 nitrogen and oxygen atoms in total. The minimum atomic E-state index is -0.274. The summed E-state index contributed by atoms with van der Waals surface area (Å²) in [6.07, 6.45) is 5.25. The molecule has 3 aromatic rings. The van der Waals surface area contributed by atoms with Gasteiger partial charge in [0.15, 0.2) is 0 Å². The second-order valence-electron chi connectivity index (χ2n) is 3.87. The first-order valence-corrected chi connectivity index (χ1v) is 5.45. The number of imidazole rings is 1. The summed E-state index contributed by atoms with van der Waals surface area (Å²) in [6.45, 7) is 0. The van der Waals surface area contributed by atoms with Crippen molar-refractivity contribution < 1.29 is 0 Å². The second-order valence-corrected chi connectivity index (χ2v) is 3.87. The number of rotatable bonds is 2. The Morgan fingerprint density at radius 3 is 2.76 bits per heavy atom. The highest BCUT2D eigenvalue weighted by molar-refractivity contribution is 5.82. The number of nitrogens with two attached hydrogens (primary N) is 1. The van der Waals surface area contributed by atoms with Gasteiger partial charge < -0.3 is 10.7 Å². The minimum Gasteiger partial charge on any atom is -0.347 e.